The van der Waals surface area contributed by atoms with Crippen LogP contribution >= 0.6 is 0 Å². The topological polar surface area (TPSA) is 0 Å². The molecule has 0 amide bonds. The van der Waals surface area contributed by atoms with Gasteiger partial charge in [-0.15, -0.1) is 0 Å². The summed E-state index contributed by atoms with van der Waals surface area (Å²) in [5.41, 5.74) is 1.72. The van der Waals surface area contributed by atoms with Gasteiger partial charge in [0.15, 0.2) is 0 Å². The van der Waals surface area contributed by atoms with Gasteiger partial charge in [-0.05, 0) is 82.0 Å². The van der Waals surface area contributed by atoms with E-state index < -0.39 is 0 Å². The molecule has 2 atom stereocenters. The van der Waals surface area contributed by atoms with Crippen LogP contribution in [0, 0.1) is 17.8 Å². The first-order valence-electron chi connectivity index (χ1n) is 8.41. The lowest BCUT2D eigenvalue weighted by Gasteiger charge is -2.25. The van der Waals surface area contributed by atoms with E-state index in [0.717, 1.165) is 11.8 Å². The van der Waals surface area contributed by atoms with E-state index in [1.165, 1.54) is 64.2 Å². The molecule has 0 saturated heterocycles. The fraction of sp³-hybridized carbons (Fsp3) is 0.737. The fourth-order valence-corrected chi connectivity index (χ4v) is 3.45. The van der Waals surface area contributed by atoms with E-state index in [1.807, 2.05) is 0 Å². The summed E-state index contributed by atoms with van der Waals surface area (Å²) in [7, 11) is 0. The minimum atomic E-state index is 0.814. The Labute approximate surface area is 120 Å². The molecule has 0 aromatic heterocycles. The van der Waals surface area contributed by atoms with Gasteiger partial charge in [0.25, 0.3) is 0 Å². The summed E-state index contributed by atoms with van der Waals surface area (Å²) in [5.74, 6) is 3.50. The van der Waals surface area contributed by atoms with Crippen LogP contribution < -0.4 is 0 Å². The molecule has 0 fully saturated rings. The molecule has 107 valence electrons. The van der Waals surface area contributed by atoms with Crippen molar-refractivity contribution in [3.05, 3.63) is 29.7 Å². The third kappa shape index (κ3) is 5.16. The third-order valence-corrected chi connectivity index (χ3v) is 5.12. The van der Waals surface area contributed by atoms with Crippen molar-refractivity contribution < 1.29 is 0 Å². The zero-order valence-electron chi connectivity index (χ0n) is 13.0. The molecule has 0 N–H and O–H groups in total. The SMILES string of the molecule is C[C](CC1=CCCCC1)C(C)CCC1CC=CCC1. The molecule has 0 bridgehead atoms. The molecule has 2 unspecified atom stereocenters. The number of hydrogen-bond acceptors (Lipinski definition) is 0. The summed E-state index contributed by atoms with van der Waals surface area (Å²) in [5, 5.41) is 0. The summed E-state index contributed by atoms with van der Waals surface area (Å²) in [6.07, 6.45) is 20.9. The molecule has 0 nitrogen and oxygen atoms in total. The molecule has 0 aromatic carbocycles. The van der Waals surface area contributed by atoms with Gasteiger partial charge in [0.2, 0.25) is 0 Å². The molecule has 0 heteroatoms. The molecular formula is C19H31. The lowest BCUT2D eigenvalue weighted by atomic mass is 9.81. The van der Waals surface area contributed by atoms with Crippen molar-refractivity contribution in [3.63, 3.8) is 0 Å². The largest absolute Gasteiger partial charge is 0.0885 e. The van der Waals surface area contributed by atoms with E-state index in [2.05, 4.69) is 32.1 Å². The Kier molecular flexibility index (Phi) is 6.20. The summed E-state index contributed by atoms with van der Waals surface area (Å²) in [6, 6.07) is 0. The predicted molar refractivity (Wildman–Crippen MR) is 85.0 cm³/mol. The maximum absolute atomic E-state index is 2.51. The zero-order valence-corrected chi connectivity index (χ0v) is 13.0. The molecule has 2 rings (SSSR count). The molecule has 0 aromatic rings. The van der Waals surface area contributed by atoms with E-state index >= 15 is 0 Å². The average molecular weight is 259 g/mol. The maximum Gasteiger partial charge on any atom is -0.0204 e. The van der Waals surface area contributed by atoms with Crippen LogP contribution in [0.4, 0.5) is 0 Å². The Morgan fingerprint density at radius 1 is 1.26 bits per heavy atom. The van der Waals surface area contributed by atoms with Crippen molar-refractivity contribution in [2.24, 2.45) is 11.8 Å². The molecule has 0 heterocycles. The second-order valence-corrected chi connectivity index (χ2v) is 6.76. The normalized spacial score (nSPS) is 25.4. The fourth-order valence-electron chi connectivity index (χ4n) is 3.45. The first kappa shape index (κ1) is 14.9. The highest BCUT2D eigenvalue weighted by molar-refractivity contribution is 5.12. The van der Waals surface area contributed by atoms with Crippen LogP contribution in [0.1, 0.15) is 78.1 Å². The third-order valence-electron chi connectivity index (χ3n) is 5.12. The van der Waals surface area contributed by atoms with Gasteiger partial charge in [-0.2, -0.15) is 0 Å². The van der Waals surface area contributed by atoms with E-state index in [1.54, 1.807) is 11.5 Å². The maximum atomic E-state index is 2.51. The Bertz CT molecular complexity index is 310. The van der Waals surface area contributed by atoms with Crippen LogP contribution in [-0.2, 0) is 0 Å². The van der Waals surface area contributed by atoms with Crippen molar-refractivity contribution in [1.82, 2.24) is 0 Å². The van der Waals surface area contributed by atoms with Crippen LogP contribution in [0.5, 0.6) is 0 Å². The molecular weight excluding hydrogens is 228 g/mol. The summed E-state index contributed by atoms with van der Waals surface area (Å²) in [6.45, 7) is 4.83. The van der Waals surface area contributed by atoms with Gasteiger partial charge in [0.1, 0.15) is 0 Å². The Morgan fingerprint density at radius 3 is 2.84 bits per heavy atom. The van der Waals surface area contributed by atoms with E-state index in [9.17, 15) is 0 Å². The second-order valence-electron chi connectivity index (χ2n) is 6.76. The Hall–Kier alpha value is -0.520. The van der Waals surface area contributed by atoms with Crippen LogP contribution in [0.3, 0.4) is 0 Å². The van der Waals surface area contributed by atoms with Gasteiger partial charge in [0, 0.05) is 0 Å². The van der Waals surface area contributed by atoms with E-state index in [4.69, 9.17) is 0 Å². The highest BCUT2D eigenvalue weighted by atomic mass is 14.2. The van der Waals surface area contributed by atoms with Crippen LogP contribution in [0.25, 0.3) is 0 Å². The Morgan fingerprint density at radius 2 is 2.16 bits per heavy atom. The monoisotopic (exact) mass is 259 g/mol. The summed E-state index contributed by atoms with van der Waals surface area (Å²) in [4.78, 5) is 0. The minimum Gasteiger partial charge on any atom is -0.0885 e. The van der Waals surface area contributed by atoms with Gasteiger partial charge in [0.05, 0.1) is 0 Å². The second kappa shape index (κ2) is 7.92. The zero-order chi connectivity index (χ0) is 13.5. The lowest BCUT2D eigenvalue weighted by molar-refractivity contribution is 0.387. The van der Waals surface area contributed by atoms with Crippen LogP contribution in [0.15, 0.2) is 23.8 Å². The number of rotatable bonds is 6. The first-order chi connectivity index (χ1) is 9.25. The van der Waals surface area contributed by atoms with Gasteiger partial charge in [-0.3, -0.25) is 0 Å². The number of allylic oxidation sites excluding steroid dienone is 4. The van der Waals surface area contributed by atoms with Gasteiger partial charge >= 0.3 is 0 Å². The van der Waals surface area contributed by atoms with Gasteiger partial charge < -0.3 is 0 Å². The number of hydrogen-bond donors (Lipinski definition) is 0. The standard InChI is InChI=1S/C19H31/c1-16(13-14-18-9-5-3-6-10-18)17(2)15-19-11-7-4-8-12-19/h3,5,11,16,18H,4,6-10,12-15H2,1-2H3. The first-order valence-corrected chi connectivity index (χ1v) is 8.41. The summed E-state index contributed by atoms with van der Waals surface area (Å²) >= 11 is 0. The molecule has 0 saturated carbocycles. The van der Waals surface area contributed by atoms with E-state index in [-0.39, 0.29) is 0 Å². The van der Waals surface area contributed by atoms with Crippen LogP contribution in [-0.4, -0.2) is 0 Å². The highest BCUT2D eigenvalue weighted by Gasteiger charge is 2.18. The molecule has 0 aliphatic heterocycles. The smallest absolute Gasteiger partial charge is 0.0204 e. The summed E-state index contributed by atoms with van der Waals surface area (Å²) < 4.78 is 0. The van der Waals surface area contributed by atoms with Gasteiger partial charge in [-0.25, -0.2) is 0 Å². The van der Waals surface area contributed by atoms with Crippen molar-refractivity contribution in [1.29, 1.82) is 0 Å². The van der Waals surface area contributed by atoms with Crippen molar-refractivity contribution in [2.75, 3.05) is 0 Å². The van der Waals surface area contributed by atoms with Gasteiger partial charge in [-0.1, -0.05) is 37.6 Å². The molecule has 2 aliphatic carbocycles. The minimum absolute atomic E-state index is 0.814. The molecule has 0 spiro atoms. The van der Waals surface area contributed by atoms with Crippen LogP contribution in [0.2, 0.25) is 0 Å². The van der Waals surface area contributed by atoms with Crippen molar-refractivity contribution in [3.8, 4) is 0 Å². The average Bonchev–Trinajstić information content (AvgIpc) is 2.47. The quantitative estimate of drug-likeness (QED) is 0.495. The lowest BCUT2D eigenvalue weighted by Crippen LogP contribution is -2.11. The predicted octanol–water partition coefficient (Wildman–Crippen LogP) is 6.24. The van der Waals surface area contributed by atoms with Crippen molar-refractivity contribution in [2.45, 2.75) is 78.1 Å². The van der Waals surface area contributed by atoms with Crippen molar-refractivity contribution >= 4 is 0 Å². The molecule has 1 radical (unpaired) electrons. The molecule has 19 heavy (non-hydrogen) atoms. The molecule has 2 aliphatic rings. The van der Waals surface area contributed by atoms with E-state index in [0.29, 0.717) is 0 Å². The Balaban J connectivity index is 1.68. The highest BCUT2D eigenvalue weighted by Crippen LogP contribution is 2.32.